The van der Waals surface area contributed by atoms with E-state index in [4.69, 9.17) is 11.2 Å². The zero-order valence-electron chi connectivity index (χ0n) is 23.1. The van der Waals surface area contributed by atoms with Crippen molar-refractivity contribution in [2.45, 2.75) is 85.0 Å². The normalized spacial score (nSPS) is 13.1. The molecule has 0 saturated heterocycles. The summed E-state index contributed by atoms with van der Waals surface area (Å²) in [6.07, 6.45) is 5.31. The van der Waals surface area contributed by atoms with Crippen molar-refractivity contribution in [1.82, 2.24) is 15.5 Å². The van der Waals surface area contributed by atoms with E-state index >= 15 is 0 Å². The zero-order valence-corrected chi connectivity index (χ0v) is 23.1. The standard InChI is InChI=1S/C30H39N3O4/c1-10-33(25(26(34)32-29(4,5)6)23-18-14-15-20(2)21(23)3)27(35)24(19-22-16-12-11-13-17-22)31-28(36)37-30(7,8)9/h1,11-18,24-25H,19H2,2-9H3,(H,31,36)(H,32,34). The van der Waals surface area contributed by atoms with Gasteiger partial charge < -0.3 is 15.4 Å². The fourth-order valence-electron chi connectivity index (χ4n) is 3.84. The second-order valence-corrected chi connectivity index (χ2v) is 11.2. The average Bonchev–Trinajstić information content (AvgIpc) is 2.77. The second-order valence-electron chi connectivity index (χ2n) is 11.2. The van der Waals surface area contributed by atoms with E-state index in [0.717, 1.165) is 21.6 Å². The van der Waals surface area contributed by atoms with Crippen LogP contribution in [0.4, 0.5) is 4.79 Å². The molecular formula is C30H39N3O4. The zero-order chi connectivity index (χ0) is 28.0. The van der Waals surface area contributed by atoms with E-state index in [1.807, 2.05) is 77.1 Å². The second kappa shape index (κ2) is 12.0. The molecule has 2 rings (SSSR count). The fraction of sp³-hybridized carbons (Fsp3) is 0.433. The van der Waals surface area contributed by atoms with Gasteiger partial charge in [-0.2, -0.15) is 0 Å². The SMILES string of the molecule is C#CN(C(=O)C(Cc1ccccc1)NC(=O)OC(C)(C)C)C(C(=O)NC(C)(C)C)c1cccc(C)c1C. The highest BCUT2D eigenvalue weighted by molar-refractivity contribution is 5.94. The number of benzene rings is 2. The number of amides is 3. The Morgan fingerprint density at radius 3 is 2.14 bits per heavy atom. The first-order chi connectivity index (χ1) is 17.1. The van der Waals surface area contributed by atoms with Crippen LogP contribution in [0.5, 0.6) is 0 Å². The number of hydrogen-bond donors (Lipinski definition) is 2. The van der Waals surface area contributed by atoms with Crippen LogP contribution in [0.25, 0.3) is 0 Å². The number of nitrogens with one attached hydrogen (secondary N) is 2. The molecule has 2 unspecified atom stereocenters. The lowest BCUT2D eigenvalue weighted by molar-refractivity contribution is -0.139. The molecule has 0 aliphatic carbocycles. The Morgan fingerprint density at radius 1 is 0.973 bits per heavy atom. The third-order valence-corrected chi connectivity index (χ3v) is 5.59. The number of terminal acetylenes is 1. The summed E-state index contributed by atoms with van der Waals surface area (Å²) in [4.78, 5) is 41.4. The number of carbonyl (C=O) groups excluding carboxylic acids is 3. The van der Waals surface area contributed by atoms with Crippen LogP contribution < -0.4 is 10.6 Å². The number of nitrogens with zero attached hydrogens (tertiary/aromatic N) is 1. The molecule has 2 N–H and O–H groups in total. The van der Waals surface area contributed by atoms with Gasteiger partial charge in [0.1, 0.15) is 17.7 Å². The van der Waals surface area contributed by atoms with Crippen LogP contribution in [0.3, 0.4) is 0 Å². The number of ether oxygens (including phenoxy) is 1. The quantitative estimate of drug-likeness (QED) is 0.417. The predicted molar refractivity (Wildman–Crippen MR) is 146 cm³/mol. The Labute approximate surface area is 221 Å². The van der Waals surface area contributed by atoms with Crippen molar-refractivity contribution in [2.75, 3.05) is 0 Å². The summed E-state index contributed by atoms with van der Waals surface area (Å²) >= 11 is 0. The summed E-state index contributed by atoms with van der Waals surface area (Å²) in [5, 5.41) is 5.63. The molecule has 198 valence electrons. The minimum absolute atomic E-state index is 0.164. The maximum atomic E-state index is 14.0. The molecule has 0 spiro atoms. The monoisotopic (exact) mass is 505 g/mol. The first kappa shape index (κ1) is 29.4. The van der Waals surface area contributed by atoms with Gasteiger partial charge in [-0.05, 0) is 77.6 Å². The molecule has 7 heteroatoms. The lowest BCUT2D eigenvalue weighted by Gasteiger charge is -2.33. The largest absolute Gasteiger partial charge is 0.444 e. The maximum absolute atomic E-state index is 14.0. The highest BCUT2D eigenvalue weighted by Gasteiger charge is 2.37. The van der Waals surface area contributed by atoms with Crippen molar-refractivity contribution in [2.24, 2.45) is 0 Å². The molecule has 0 heterocycles. The van der Waals surface area contributed by atoms with Gasteiger partial charge in [-0.1, -0.05) is 55.0 Å². The van der Waals surface area contributed by atoms with Crippen LogP contribution >= 0.6 is 0 Å². The third-order valence-electron chi connectivity index (χ3n) is 5.59. The van der Waals surface area contributed by atoms with Crippen LogP contribution in [-0.4, -0.2) is 40.0 Å². The smallest absolute Gasteiger partial charge is 0.408 e. The van der Waals surface area contributed by atoms with E-state index in [0.29, 0.717) is 5.56 Å². The van der Waals surface area contributed by atoms with Crippen molar-refractivity contribution in [3.63, 3.8) is 0 Å². The summed E-state index contributed by atoms with van der Waals surface area (Å²) in [6.45, 7) is 14.6. The summed E-state index contributed by atoms with van der Waals surface area (Å²) < 4.78 is 5.41. The van der Waals surface area contributed by atoms with Gasteiger partial charge >= 0.3 is 6.09 Å². The van der Waals surface area contributed by atoms with Crippen LogP contribution in [0.1, 0.15) is 69.8 Å². The molecule has 0 aliphatic rings. The Kier molecular flexibility index (Phi) is 9.52. The Balaban J connectivity index is 2.55. The number of aryl methyl sites for hydroxylation is 1. The molecular weight excluding hydrogens is 466 g/mol. The molecule has 3 amide bonds. The maximum Gasteiger partial charge on any atom is 0.408 e. The third kappa shape index (κ3) is 8.68. The number of carbonyl (C=O) groups is 3. The van der Waals surface area contributed by atoms with Crippen molar-refractivity contribution >= 4 is 17.9 Å². The van der Waals surface area contributed by atoms with Gasteiger partial charge in [0, 0.05) is 18.0 Å². The van der Waals surface area contributed by atoms with Crippen molar-refractivity contribution < 1.29 is 19.1 Å². The van der Waals surface area contributed by atoms with Crippen molar-refractivity contribution in [1.29, 1.82) is 0 Å². The molecule has 0 saturated carbocycles. The van der Waals surface area contributed by atoms with Gasteiger partial charge in [0.25, 0.3) is 5.91 Å². The molecule has 0 fully saturated rings. The highest BCUT2D eigenvalue weighted by atomic mass is 16.6. The van der Waals surface area contributed by atoms with Crippen LogP contribution in [0.15, 0.2) is 48.5 Å². The van der Waals surface area contributed by atoms with Crippen LogP contribution in [-0.2, 0) is 20.7 Å². The summed E-state index contributed by atoms with van der Waals surface area (Å²) in [5.41, 5.74) is 1.92. The molecule has 37 heavy (non-hydrogen) atoms. The molecule has 2 atom stereocenters. The molecule has 0 bridgehead atoms. The molecule has 0 aliphatic heterocycles. The lowest BCUT2D eigenvalue weighted by atomic mass is 9.94. The molecule has 0 radical (unpaired) electrons. The number of hydrogen-bond acceptors (Lipinski definition) is 4. The highest BCUT2D eigenvalue weighted by Crippen LogP contribution is 2.28. The van der Waals surface area contributed by atoms with Gasteiger partial charge in [0.2, 0.25) is 5.91 Å². The average molecular weight is 506 g/mol. The van der Waals surface area contributed by atoms with E-state index in [9.17, 15) is 14.4 Å². The Morgan fingerprint density at radius 2 is 1.59 bits per heavy atom. The molecule has 7 nitrogen and oxygen atoms in total. The van der Waals surface area contributed by atoms with Crippen molar-refractivity contribution in [3.05, 3.63) is 70.8 Å². The van der Waals surface area contributed by atoms with Crippen LogP contribution in [0, 0.1) is 26.3 Å². The molecule has 2 aromatic carbocycles. The minimum Gasteiger partial charge on any atom is -0.444 e. The number of alkyl carbamates (subject to hydrolysis) is 1. The summed E-state index contributed by atoms with van der Waals surface area (Å²) in [6, 6.07) is 15.1. The van der Waals surface area contributed by atoms with E-state index in [-0.39, 0.29) is 6.42 Å². The Bertz CT molecular complexity index is 1150. The topological polar surface area (TPSA) is 87.7 Å². The van der Waals surface area contributed by atoms with Gasteiger partial charge in [-0.3, -0.25) is 14.5 Å². The minimum atomic E-state index is -1.10. The number of rotatable bonds is 7. The lowest BCUT2D eigenvalue weighted by Crippen LogP contribution is -2.54. The first-order valence-electron chi connectivity index (χ1n) is 12.3. The van der Waals surface area contributed by atoms with Gasteiger partial charge in [0.15, 0.2) is 0 Å². The van der Waals surface area contributed by atoms with Gasteiger partial charge in [0.05, 0.1) is 0 Å². The van der Waals surface area contributed by atoms with E-state index in [1.165, 1.54) is 0 Å². The van der Waals surface area contributed by atoms with Crippen molar-refractivity contribution in [3.8, 4) is 12.5 Å². The van der Waals surface area contributed by atoms with E-state index < -0.39 is 41.1 Å². The molecule has 2 aromatic rings. The fourth-order valence-corrected chi connectivity index (χ4v) is 3.84. The van der Waals surface area contributed by atoms with E-state index in [1.54, 1.807) is 26.8 Å². The van der Waals surface area contributed by atoms with Gasteiger partial charge in [-0.15, -0.1) is 0 Å². The van der Waals surface area contributed by atoms with Crippen LogP contribution in [0.2, 0.25) is 0 Å². The summed E-state index contributed by atoms with van der Waals surface area (Å²) in [7, 11) is 0. The summed E-state index contributed by atoms with van der Waals surface area (Å²) in [5.74, 6) is -1.00. The van der Waals surface area contributed by atoms with E-state index in [2.05, 4.69) is 16.7 Å². The van der Waals surface area contributed by atoms with Gasteiger partial charge in [-0.25, -0.2) is 4.79 Å². The Hall–Kier alpha value is -3.79. The predicted octanol–water partition coefficient (Wildman–Crippen LogP) is 4.81. The first-order valence-corrected chi connectivity index (χ1v) is 12.3. The molecule has 0 aromatic heterocycles.